The number of nitriles is 1. The van der Waals surface area contributed by atoms with Crippen molar-refractivity contribution in [1.29, 1.82) is 5.26 Å². The molecule has 2 heteroatoms. The second-order valence-electron chi connectivity index (χ2n) is 2.39. The highest BCUT2D eigenvalue weighted by atomic mass is 16.5. The molecule has 0 N–H and O–H groups in total. The van der Waals surface area contributed by atoms with Crippen LogP contribution in [0.4, 0.5) is 0 Å². The van der Waals surface area contributed by atoms with Crippen molar-refractivity contribution < 1.29 is 4.74 Å². The molecule has 0 aliphatic carbocycles. The molecule has 0 heterocycles. The Labute approximate surface area is 71.7 Å². The van der Waals surface area contributed by atoms with Crippen molar-refractivity contribution in [2.75, 3.05) is 0 Å². The lowest BCUT2D eigenvalue weighted by molar-refractivity contribution is 0.367. The van der Waals surface area contributed by atoms with Gasteiger partial charge in [-0.3, -0.25) is 0 Å². The summed E-state index contributed by atoms with van der Waals surface area (Å²) in [6, 6.07) is 9.75. The van der Waals surface area contributed by atoms with Crippen LogP contribution in [0.3, 0.4) is 0 Å². The van der Waals surface area contributed by atoms with E-state index in [2.05, 4.69) is 11.3 Å². The average molecular weight is 159 g/mol. The molecule has 0 saturated heterocycles. The van der Waals surface area contributed by atoms with Gasteiger partial charge in [0.15, 0.2) is 0 Å². The number of benzene rings is 1. The molecule has 1 aromatic carbocycles. The highest BCUT2D eigenvalue weighted by Gasteiger charge is 1.95. The average Bonchev–Trinajstić information content (AvgIpc) is 2.06. The van der Waals surface area contributed by atoms with Gasteiger partial charge in [0.2, 0.25) is 0 Å². The van der Waals surface area contributed by atoms with Gasteiger partial charge in [-0.15, -0.1) is 5.26 Å². The standard InChI is InChI=1S/C10H9NO/c1-9(12-8-11)7-10-5-3-2-4-6-10/h2-6H,1,7H2. The van der Waals surface area contributed by atoms with Crippen molar-refractivity contribution in [1.82, 2.24) is 0 Å². The first-order chi connectivity index (χ1) is 5.83. The maximum atomic E-state index is 8.18. The SMILES string of the molecule is C=C(Cc1ccccc1)OC#N. The molecule has 0 amide bonds. The summed E-state index contributed by atoms with van der Waals surface area (Å²) >= 11 is 0. The van der Waals surface area contributed by atoms with E-state index in [0.29, 0.717) is 12.2 Å². The van der Waals surface area contributed by atoms with E-state index in [1.165, 1.54) is 0 Å². The normalized spacial score (nSPS) is 8.58. The molecule has 1 rings (SSSR count). The topological polar surface area (TPSA) is 33.0 Å². The second kappa shape index (κ2) is 4.20. The highest BCUT2D eigenvalue weighted by Crippen LogP contribution is 2.06. The molecule has 0 fully saturated rings. The van der Waals surface area contributed by atoms with Crippen molar-refractivity contribution in [2.45, 2.75) is 6.42 Å². The molecule has 0 radical (unpaired) electrons. The van der Waals surface area contributed by atoms with Crippen molar-refractivity contribution in [2.24, 2.45) is 0 Å². The summed E-state index contributed by atoms with van der Waals surface area (Å²) in [5.74, 6) is 0.476. The fourth-order valence-electron chi connectivity index (χ4n) is 0.924. The first-order valence-electron chi connectivity index (χ1n) is 3.60. The van der Waals surface area contributed by atoms with Crippen LogP contribution in [0.2, 0.25) is 0 Å². The van der Waals surface area contributed by atoms with Crippen molar-refractivity contribution >= 4 is 0 Å². The molecular formula is C10H9NO. The molecule has 0 bridgehead atoms. The van der Waals surface area contributed by atoms with Gasteiger partial charge >= 0.3 is 0 Å². The molecule has 12 heavy (non-hydrogen) atoms. The summed E-state index contributed by atoms with van der Waals surface area (Å²) in [6.45, 7) is 3.59. The lowest BCUT2D eigenvalue weighted by Gasteiger charge is -2.00. The van der Waals surface area contributed by atoms with Gasteiger partial charge in [-0.2, -0.15) is 0 Å². The van der Waals surface area contributed by atoms with Gasteiger partial charge in [-0.25, -0.2) is 0 Å². The summed E-state index contributed by atoms with van der Waals surface area (Å²) < 4.78 is 4.56. The Morgan fingerprint density at radius 1 is 1.42 bits per heavy atom. The number of hydrogen-bond donors (Lipinski definition) is 0. The van der Waals surface area contributed by atoms with Crippen LogP contribution in [-0.2, 0) is 11.2 Å². The van der Waals surface area contributed by atoms with Gasteiger partial charge in [-0.1, -0.05) is 36.9 Å². The maximum absolute atomic E-state index is 8.18. The third kappa shape index (κ3) is 2.47. The highest BCUT2D eigenvalue weighted by molar-refractivity contribution is 5.18. The number of nitrogens with zero attached hydrogens (tertiary/aromatic N) is 1. The van der Waals surface area contributed by atoms with E-state index in [9.17, 15) is 0 Å². The van der Waals surface area contributed by atoms with Crippen LogP contribution in [-0.4, -0.2) is 0 Å². The summed E-state index contributed by atoms with van der Waals surface area (Å²) in [5, 5.41) is 8.18. The van der Waals surface area contributed by atoms with Crippen LogP contribution in [0.15, 0.2) is 42.7 Å². The van der Waals surface area contributed by atoms with Gasteiger partial charge in [-0.05, 0) is 5.56 Å². The molecule has 0 unspecified atom stereocenters. The Hall–Kier alpha value is -1.75. The summed E-state index contributed by atoms with van der Waals surface area (Å²) in [5.41, 5.74) is 1.10. The van der Waals surface area contributed by atoms with Gasteiger partial charge in [0.25, 0.3) is 6.26 Å². The Kier molecular flexibility index (Phi) is 2.92. The lowest BCUT2D eigenvalue weighted by Crippen LogP contribution is -1.89. The molecule has 60 valence electrons. The minimum Gasteiger partial charge on any atom is -0.393 e. The summed E-state index contributed by atoms with van der Waals surface area (Å²) in [7, 11) is 0. The molecule has 0 aliphatic rings. The largest absolute Gasteiger partial charge is 0.393 e. The van der Waals surface area contributed by atoms with Crippen LogP contribution in [0.25, 0.3) is 0 Å². The third-order valence-electron chi connectivity index (χ3n) is 1.43. The zero-order valence-electron chi connectivity index (χ0n) is 6.66. The minimum atomic E-state index is 0.476. The van der Waals surface area contributed by atoms with Gasteiger partial charge in [0.05, 0.1) is 0 Å². The molecule has 0 spiro atoms. The van der Waals surface area contributed by atoms with E-state index >= 15 is 0 Å². The monoisotopic (exact) mass is 159 g/mol. The molecule has 0 saturated carbocycles. The van der Waals surface area contributed by atoms with Crippen molar-refractivity contribution in [3.63, 3.8) is 0 Å². The summed E-state index contributed by atoms with van der Waals surface area (Å²) in [4.78, 5) is 0. The fraction of sp³-hybridized carbons (Fsp3) is 0.100. The van der Waals surface area contributed by atoms with E-state index in [1.807, 2.05) is 30.3 Å². The van der Waals surface area contributed by atoms with Crippen molar-refractivity contribution in [3.8, 4) is 6.26 Å². The van der Waals surface area contributed by atoms with Crippen LogP contribution >= 0.6 is 0 Å². The predicted octanol–water partition coefficient (Wildman–Crippen LogP) is 2.24. The zero-order chi connectivity index (χ0) is 8.81. The second-order valence-corrected chi connectivity index (χ2v) is 2.39. The molecular weight excluding hydrogens is 150 g/mol. The Morgan fingerprint density at radius 2 is 2.08 bits per heavy atom. The van der Waals surface area contributed by atoms with Crippen LogP contribution in [0.1, 0.15) is 5.56 Å². The van der Waals surface area contributed by atoms with E-state index in [0.717, 1.165) is 5.56 Å². The van der Waals surface area contributed by atoms with E-state index in [1.54, 1.807) is 6.26 Å². The number of ether oxygens (including phenoxy) is 1. The van der Waals surface area contributed by atoms with Crippen molar-refractivity contribution in [3.05, 3.63) is 48.2 Å². The Morgan fingerprint density at radius 3 is 2.67 bits per heavy atom. The van der Waals surface area contributed by atoms with E-state index in [4.69, 9.17) is 5.26 Å². The first-order valence-corrected chi connectivity index (χ1v) is 3.60. The van der Waals surface area contributed by atoms with Crippen LogP contribution < -0.4 is 0 Å². The van der Waals surface area contributed by atoms with Crippen LogP contribution in [0, 0.1) is 11.5 Å². The quantitative estimate of drug-likeness (QED) is 0.500. The lowest BCUT2D eigenvalue weighted by atomic mass is 10.1. The molecule has 0 aromatic heterocycles. The minimum absolute atomic E-state index is 0.476. The molecule has 2 nitrogen and oxygen atoms in total. The Balaban J connectivity index is 2.54. The Bertz CT molecular complexity index is 297. The fourth-order valence-corrected chi connectivity index (χ4v) is 0.924. The summed E-state index contributed by atoms with van der Waals surface area (Å²) in [6.07, 6.45) is 2.18. The number of hydrogen-bond acceptors (Lipinski definition) is 2. The van der Waals surface area contributed by atoms with E-state index < -0.39 is 0 Å². The smallest absolute Gasteiger partial charge is 0.291 e. The molecule has 0 atom stereocenters. The van der Waals surface area contributed by atoms with E-state index in [-0.39, 0.29) is 0 Å². The predicted molar refractivity (Wildman–Crippen MR) is 46.0 cm³/mol. The van der Waals surface area contributed by atoms with Gasteiger partial charge in [0.1, 0.15) is 5.76 Å². The molecule has 0 aliphatic heterocycles. The maximum Gasteiger partial charge on any atom is 0.291 e. The number of rotatable bonds is 3. The van der Waals surface area contributed by atoms with Gasteiger partial charge < -0.3 is 4.74 Å². The van der Waals surface area contributed by atoms with Crippen LogP contribution in [0.5, 0.6) is 0 Å². The number of allylic oxidation sites excluding steroid dienone is 1. The van der Waals surface area contributed by atoms with Gasteiger partial charge in [0, 0.05) is 6.42 Å². The third-order valence-corrected chi connectivity index (χ3v) is 1.43. The molecule has 1 aromatic rings. The zero-order valence-corrected chi connectivity index (χ0v) is 6.66. The first kappa shape index (κ1) is 8.35.